The lowest BCUT2D eigenvalue weighted by Crippen LogP contribution is -2.40. The van der Waals surface area contributed by atoms with E-state index in [1.54, 1.807) is 30.5 Å². The van der Waals surface area contributed by atoms with Gasteiger partial charge in [-0.25, -0.2) is 13.4 Å². The average molecular weight is 499 g/mol. The maximum atomic E-state index is 13.1. The first-order valence-electron chi connectivity index (χ1n) is 10.4. The highest BCUT2D eigenvalue weighted by molar-refractivity contribution is 8.00. The minimum atomic E-state index is -3.69. The fraction of sp³-hybridized carbons (Fsp3) is 0.429. The van der Waals surface area contributed by atoms with Crippen LogP contribution in [0, 0.1) is 0 Å². The number of thioether (sulfide) groups is 1. The van der Waals surface area contributed by atoms with Gasteiger partial charge in [-0.2, -0.15) is 4.31 Å². The predicted octanol–water partition coefficient (Wildman–Crippen LogP) is 3.33. The van der Waals surface area contributed by atoms with Crippen LogP contribution in [-0.2, 0) is 19.6 Å². The Morgan fingerprint density at radius 1 is 1.25 bits per heavy atom. The molecule has 32 heavy (non-hydrogen) atoms. The number of nitrogens with zero attached hydrogens (tertiary/aromatic N) is 3. The van der Waals surface area contributed by atoms with Crippen LogP contribution in [0.5, 0.6) is 0 Å². The number of aromatic nitrogens is 1. The fourth-order valence-electron chi connectivity index (χ4n) is 3.35. The zero-order valence-corrected chi connectivity index (χ0v) is 20.5. The fourth-order valence-corrected chi connectivity index (χ4v) is 5.75. The van der Waals surface area contributed by atoms with Crippen molar-refractivity contribution in [2.75, 3.05) is 55.4 Å². The van der Waals surface area contributed by atoms with Crippen LogP contribution in [0.1, 0.15) is 13.8 Å². The molecule has 8 nitrogen and oxygen atoms in total. The number of carbonyl (C=O) groups is 1. The van der Waals surface area contributed by atoms with Crippen LogP contribution in [0.15, 0.2) is 46.5 Å². The third-order valence-electron chi connectivity index (χ3n) is 5.02. The second kappa shape index (κ2) is 11.3. The number of anilines is 2. The largest absolute Gasteiger partial charge is 0.379 e. The Balaban J connectivity index is 1.84. The summed E-state index contributed by atoms with van der Waals surface area (Å²) in [5.74, 6) is -0.180. The van der Waals surface area contributed by atoms with Gasteiger partial charge in [0, 0.05) is 32.4 Å². The van der Waals surface area contributed by atoms with Crippen molar-refractivity contribution in [3.63, 3.8) is 0 Å². The lowest BCUT2D eigenvalue weighted by atomic mass is 10.2. The van der Waals surface area contributed by atoms with Crippen molar-refractivity contribution in [3.8, 4) is 0 Å². The summed E-state index contributed by atoms with van der Waals surface area (Å²) in [6.45, 7) is 6.80. The van der Waals surface area contributed by atoms with Crippen molar-refractivity contribution in [2.24, 2.45) is 0 Å². The Kier molecular flexibility index (Phi) is 8.78. The summed E-state index contributed by atoms with van der Waals surface area (Å²) in [5, 5.41) is 3.93. The van der Waals surface area contributed by atoms with Crippen LogP contribution in [0.2, 0.25) is 5.02 Å². The van der Waals surface area contributed by atoms with Gasteiger partial charge in [-0.1, -0.05) is 23.4 Å². The molecule has 0 spiro atoms. The van der Waals surface area contributed by atoms with E-state index in [0.29, 0.717) is 55.1 Å². The number of benzene rings is 1. The maximum absolute atomic E-state index is 13.1. The molecule has 0 radical (unpaired) electrons. The number of halogens is 1. The van der Waals surface area contributed by atoms with Crippen LogP contribution in [0.3, 0.4) is 0 Å². The smallest absolute Gasteiger partial charge is 0.243 e. The molecule has 0 aliphatic carbocycles. The van der Waals surface area contributed by atoms with Crippen molar-refractivity contribution in [2.45, 2.75) is 23.8 Å². The van der Waals surface area contributed by atoms with Gasteiger partial charge in [-0.15, -0.1) is 0 Å². The molecule has 1 aliphatic heterocycles. The molecular formula is C21H27ClN4O4S2. The lowest BCUT2D eigenvalue weighted by molar-refractivity contribution is -0.113. The van der Waals surface area contributed by atoms with Crippen LogP contribution in [-0.4, -0.2) is 68.8 Å². The Labute approximate surface area is 198 Å². The number of carbonyl (C=O) groups excluding carboxylic acids is 1. The highest BCUT2D eigenvalue weighted by atomic mass is 35.5. The molecule has 1 amide bonds. The minimum absolute atomic E-state index is 0.0921. The van der Waals surface area contributed by atoms with Gasteiger partial charge in [0.2, 0.25) is 15.9 Å². The Hall–Kier alpha value is -1.85. The van der Waals surface area contributed by atoms with E-state index in [-0.39, 0.29) is 16.6 Å². The van der Waals surface area contributed by atoms with Gasteiger partial charge in [0.05, 0.1) is 40.3 Å². The molecule has 0 saturated carbocycles. The van der Waals surface area contributed by atoms with Crippen molar-refractivity contribution >= 4 is 50.7 Å². The highest BCUT2D eigenvalue weighted by Crippen LogP contribution is 2.31. The Morgan fingerprint density at radius 3 is 2.62 bits per heavy atom. The summed E-state index contributed by atoms with van der Waals surface area (Å²) in [6, 6.07) is 8.32. The van der Waals surface area contributed by atoms with E-state index < -0.39 is 10.0 Å². The number of sulfonamides is 1. The van der Waals surface area contributed by atoms with Gasteiger partial charge in [0.15, 0.2) is 0 Å². The summed E-state index contributed by atoms with van der Waals surface area (Å²) < 4.78 is 32.9. The second-order valence-corrected chi connectivity index (χ2v) is 10.3. The van der Waals surface area contributed by atoms with Crippen molar-refractivity contribution < 1.29 is 17.9 Å². The lowest BCUT2D eigenvalue weighted by Gasteiger charge is -2.28. The van der Waals surface area contributed by atoms with Crippen molar-refractivity contribution in [1.29, 1.82) is 0 Å². The summed E-state index contributed by atoms with van der Waals surface area (Å²) in [4.78, 5) is 19.1. The quantitative estimate of drug-likeness (QED) is 0.530. The molecule has 174 valence electrons. The third-order valence-corrected chi connectivity index (χ3v) is 8.34. The van der Waals surface area contributed by atoms with Gasteiger partial charge in [0.25, 0.3) is 0 Å². The second-order valence-electron chi connectivity index (χ2n) is 6.99. The van der Waals surface area contributed by atoms with Crippen LogP contribution >= 0.6 is 23.4 Å². The minimum Gasteiger partial charge on any atom is -0.379 e. The first-order chi connectivity index (χ1) is 15.4. The zero-order valence-electron chi connectivity index (χ0n) is 18.1. The Bertz CT molecular complexity index is 1040. The molecule has 0 bridgehead atoms. The summed E-state index contributed by atoms with van der Waals surface area (Å²) in [7, 11) is -3.69. The number of hydrogen-bond acceptors (Lipinski definition) is 7. The summed E-state index contributed by atoms with van der Waals surface area (Å²) in [5.41, 5.74) is 1.23. The average Bonchev–Trinajstić information content (AvgIpc) is 2.80. The number of rotatable bonds is 9. The standard InChI is InChI=1S/C21H27ClN4O4S2/c1-3-25(4-2)19-8-7-16(32(28,29)26-10-12-30-13-11-26)14-18(19)24-20(27)15-31-21-17(22)6-5-9-23-21/h5-9,14H,3-4,10-13,15H2,1-2H3,(H,24,27). The molecule has 2 aromatic rings. The van der Waals surface area contributed by atoms with Gasteiger partial charge >= 0.3 is 0 Å². The topological polar surface area (TPSA) is 91.8 Å². The molecule has 0 unspecified atom stereocenters. The van der Waals surface area contributed by atoms with E-state index in [9.17, 15) is 13.2 Å². The van der Waals surface area contributed by atoms with Crippen LogP contribution in [0.25, 0.3) is 0 Å². The molecule has 1 fully saturated rings. The number of amides is 1. The van der Waals surface area contributed by atoms with Gasteiger partial charge in [-0.3, -0.25) is 4.79 Å². The molecule has 2 heterocycles. The number of nitrogens with one attached hydrogen (secondary N) is 1. The van der Waals surface area contributed by atoms with E-state index in [0.717, 1.165) is 5.69 Å². The number of morpholine rings is 1. The first-order valence-corrected chi connectivity index (χ1v) is 13.2. The summed E-state index contributed by atoms with van der Waals surface area (Å²) in [6.07, 6.45) is 1.62. The molecule has 3 rings (SSSR count). The SMILES string of the molecule is CCN(CC)c1ccc(S(=O)(=O)N2CCOCC2)cc1NC(=O)CSc1ncccc1Cl. The molecule has 1 aliphatic rings. The monoisotopic (exact) mass is 498 g/mol. The molecule has 0 atom stereocenters. The van der Waals surface area contributed by atoms with Crippen molar-refractivity contribution in [3.05, 3.63) is 41.6 Å². The highest BCUT2D eigenvalue weighted by Gasteiger charge is 2.27. The number of hydrogen-bond donors (Lipinski definition) is 1. The van der Waals surface area contributed by atoms with Gasteiger partial charge < -0.3 is 15.0 Å². The van der Waals surface area contributed by atoms with Gasteiger partial charge in [-0.05, 0) is 44.2 Å². The third kappa shape index (κ3) is 5.93. The van der Waals surface area contributed by atoms with Crippen LogP contribution < -0.4 is 10.2 Å². The molecule has 11 heteroatoms. The molecule has 1 N–H and O–H groups in total. The normalized spacial score (nSPS) is 14.8. The zero-order chi connectivity index (χ0) is 23.1. The number of ether oxygens (including phenoxy) is 1. The van der Waals surface area contributed by atoms with Crippen molar-refractivity contribution in [1.82, 2.24) is 9.29 Å². The summed E-state index contributed by atoms with van der Waals surface area (Å²) >= 11 is 7.34. The molecule has 1 aromatic carbocycles. The van der Waals surface area contributed by atoms with Crippen LogP contribution in [0.4, 0.5) is 11.4 Å². The predicted molar refractivity (Wildman–Crippen MR) is 128 cm³/mol. The van der Waals surface area contributed by atoms with E-state index in [2.05, 4.69) is 15.2 Å². The maximum Gasteiger partial charge on any atom is 0.243 e. The van der Waals surface area contributed by atoms with E-state index in [1.807, 2.05) is 13.8 Å². The first kappa shape index (κ1) is 24.8. The molecular weight excluding hydrogens is 472 g/mol. The Morgan fingerprint density at radius 2 is 1.97 bits per heavy atom. The number of pyridine rings is 1. The van der Waals surface area contributed by atoms with Gasteiger partial charge in [0.1, 0.15) is 5.03 Å². The van der Waals surface area contributed by atoms with E-state index in [1.165, 1.54) is 22.1 Å². The van der Waals surface area contributed by atoms with E-state index in [4.69, 9.17) is 16.3 Å². The molecule has 1 aromatic heterocycles. The van der Waals surface area contributed by atoms with E-state index >= 15 is 0 Å². The molecule has 1 saturated heterocycles.